The molecule has 1 aliphatic rings. The Morgan fingerprint density at radius 3 is 1.62 bits per heavy atom. The van der Waals surface area contributed by atoms with Crippen LogP contribution in [0, 0.1) is 10.8 Å². The summed E-state index contributed by atoms with van der Waals surface area (Å²) in [4.78, 5) is 0. The topological polar surface area (TPSA) is 0 Å². The Kier molecular flexibility index (Phi) is 5.28. The van der Waals surface area contributed by atoms with Crippen LogP contribution in [0.1, 0.15) is 78.9 Å². The molecule has 0 heteroatoms. The molecule has 0 saturated heterocycles. The van der Waals surface area contributed by atoms with E-state index in [0.717, 1.165) is 6.42 Å². The van der Waals surface area contributed by atoms with E-state index < -0.39 is 0 Å². The fourth-order valence-electron chi connectivity index (χ4n) is 2.97. The summed E-state index contributed by atoms with van der Waals surface area (Å²) >= 11 is 0. The summed E-state index contributed by atoms with van der Waals surface area (Å²) < 4.78 is 0. The monoisotopic (exact) mass is 322 g/mol. The van der Waals surface area contributed by atoms with Gasteiger partial charge >= 0.3 is 0 Å². The second-order valence-electron chi connectivity index (χ2n) is 9.48. The summed E-state index contributed by atoms with van der Waals surface area (Å²) in [7, 11) is 0. The first kappa shape index (κ1) is 18.8. The van der Waals surface area contributed by atoms with E-state index in [0.29, 0.717) is 5.92 Å². The van der Waals surface area contributed by atoms with Crippen LogP contribution < -0.4 is 0 Å². The Hall–Kier alpha value is -1.56. The highest BCUT2D eigenvalue weighted by molar-refractivity contribution is 5.63. The van der Waals surface area contributed by atoms with Gasteiger partial charge in [0.2, 0.25) is 0 Å². The van der Waals surface area contributed by atoms with Gasteiger partial charge in [-0.2, -0.15) is 0 Å². The van der Waals surface area contributed by atoms with Gasteiger partial charge in [0.25, 0.3) is 0 Å². The van der Waals surface area contributed by atoms with Gasteiger partial charge in [-0.25, -0.2) is 0 Å². The van der Waals surface area contributed by atoms with Crippen LogP contribution in [-0.2, 0) is 0 Å². The molecule has 0 unspecified atom stereocenters. The van der Waals surface area contributed by atoms with Crippen molar-refractivity contribution < 1.29 is 0 Å². The molecule has 0 amide bonds. The molecule has 0 N–H and O–H groups in total. The van der Waals surface area contributed by atoms with Gasteiger partial charge in [0, 0.05) is 0 Å². The van der Waals surface area contributed by atoms with Crippen molar-refractivity contribution in [3.05, 3.63) is 64.3 Å². The molecule has 0 atom stereocenters. The van der Waals surface area contributed by atoms with E-state index in [1.165, 1.54) is 27.8 Å². The molecule has 0 spiro atoms. The predicted octanol–water partition coefficient (Wildman–Crippen LogP) is 7.54. The Morgan fingerprint density at radius 1 is 0.792 bits per heavy atom. The van der Waals surface area contributed by atoms with Crippen molar-refractivity contribution in [3.8, 4) is 0 Å². The molecule has 0 saturated carbocycles. The molecule has 0 aromatic heterocycles. The van der Waals surface area contributed by atoms with E-state index in [1.807, 2.05) is 0 Å². The number of allylic oxidation sites excluding steroid dienone is 5. The lowest BCUT2D eigenvalue weighted by molar-refractivity contribution is 0.447. The van der Waals surface area contributed by atoms with Crippen molar-refractivity contribution in [2.45, 2.75) is 67.7 Å². The van der Waals surface area contributed by atoms with Crippen molar-refractivity contribution in [2.24, 2.45) is 10.8 Å². The maximum absolute atomic E-state index is 2.39. The number of hydrogen-bond donors (Lipinski definition) is 0. The normalized spacial score (nSPS) is 16.1. The summed E-state index contributed by atoms with van der Waals surface area (Å²) in [5.41, 5.74) is 7.49. The minimum atomic E-state index is 0.214. The minimum Gasteiger partial charge on any atom is -0.0602 e. The summed E-state index contributed by atoms with van der Waals surface area (Å²) in [5, 5.41) is 0. The average Bonchev–Trinajstić information content (AvgIpc) is 2.45. The van der Waals surface area contributed by atoms with Gasteiger partial charge in [-0.3, -0.25) is 0 Å². The summed E-state index contributed by atoms with van der Waals surface area (Å²) in [6.45, 7) is 18.4. The zero-order valence-electron chi connectivity index (χ0n) is 16.8. The summed E-state index contributed by atoms with van der Waals surface area (Å²) in [5.74, 6) is 0.584. The molecular formula is C24H34. The van der Waals surface area contributed by atoms with E-state index in [-0.39, 0.29) is 10.8 Å². The molecule has 0 bridgehead atoms. The van der Waals surface area contributed by atoms with E-state index in [4.69, 9.17) is 0 Å². The smallest absolute Gasteiger partial charge is 0.00913 e. The minimum absolute atomic E-state index is 0.214. The Labute approximate surface area is 149 Å². The SMILES string of the molecule is CC(C)c1ccc(C=C2C=C(C(C)(C)C)CC(C(C)(C)C)=C2)cc1. The molecule has 2 rings (SSSR count). The van der Waals surface area contributed by atoms with Gasteiger partial charge in [-0.1, -0.05) is 103 Å². The molecule has 0 fully saturated rings. The average molecular weight is 323 g/mol. The molecule has 0 nitrogen and oxygen atoms in total. The highest BCUT2D eigenvalue weighted by Crippen LogP contribution is 2.41. The highest BCUT2D eigenvalue weighted by atomic mass is 14.3. The van der Waals surface area contributed by atoms with Crippen LogP contribution in [0.15, 0.2) is 53.1 Å². The van der Waals surface area contributed by atoms with Crippen molar-refractivity contribution >= 4 is 6.08 Å². The largest absolute Gasteiger partial charge is 0.0602 e. The van der Waals surface area contributed by atoms with Gasteiger partial charge in [0.05, 0.1) is 0 Å². The van der Waals surface area contributed by atoms with Crippen molar-refractivity contribution in [1.29, 1.82) is 0 Å². The van der Waals surface area contributed by atoms with Crippen LogP contribution in [0.4, 0.5) is 0 Å². The van der Waals surface area contributed by atoms with Crippen LogP contribution in [0.2, 0.25) is 0 Å². The highest BCUT2D eigenvalue weighted by Gasteiger charge is 2.26. The summed E-state index contributed by atoms with van der Waals surface area (Å²) in [6.07, 6.45) is 8.20. The van der Waals surface area contributed by atoms with Crippen LogP contribution in [0.5, 0.6) is 0 Å². The molecule has 1 aromatic carbocycles. The van der Waals surface area contributed by atoms with Crippen LogP contribution in [0.3, 0.4) is 0 Å². The maximum Gasteiger partial charge on any atom is -0.00913 e. The van der Waals surface area contributed by atoms with Gasteiger partial charge in [-0.15, -0.1) is 0 Å². The third-order valence-electron chi connectivity index (χ3n) is 4.93. The first-order chi connectivity index (χ1) is 11.0. The summed E-state index contributed by atoms with van der Waals surface area (Å²) in [6, 6.07) is 8.99. The Morgan fingerprint density at radius 2 is 1.25 bits per heavy atom. The quantitative estimate of drug-likeness (QED) is 0.527. The van der Waals surface area contributed by atoms with Gasteiger partial charge in [0.15, 0.2) is 0 Å². The van der Waals surface area contributed by atoms with Crippen molar-refractivity contribution in [3.63, 3.8) is 0 Å². The molecule has 0 aliphatic heterocycles. The number of hydrogen-bond acceptors (Lipinski definition) is 0. The fraction of sp³-hybridized carbons (Fsp3) is 0.500. The second kappa shape index (κ2) is 6.75. The van der Waals surface area contributed by atoms with E-state index in [1.54, 1.807) is 0 Å². The fourth-order valence-corrected chi connectivity index (χ4v) is 2.97. The van der Waals surface area contributed by atoms with E-state index in [9.17, 15) is 0 Å². The van der Waals surface area contributed by atoms with Crippen LogP contribution >= 0.6 is 0 Å². The third kappa shape index (κ3) is 4.72. The predicted molar refractivity (Wildman–Crippen MR) is 108 cm³/mol. The Balaban J connectivity index is 2.42. The van der Waals surface area contributed by atoms with Crippen molar-refractivity contribution in [2.75, 3.05) is 0 Å². The zero-order chi connectivity index (χ0) is 18.1. The molecule has 24 heavy (non-hydrogen) atoms. The second-order valence-corrected chi connectivity index (χ2v) is 9.48. The molecule has 1 aromatic rings. The zero-order valence-corrected chi connectivity index (χ0v) is 16.8. The first-order valence-electron chi connectivity index (χ1n) is 9.20. The third-order valence-corrected chi connectivity index (χ3v) is 4.93. The molecule has 0 radical (unpaired) electrons. The van der Waals surface area contributed by atoms with Gasteiger partial charge in [-0.05, 0) is 45.9 Å². The van der Waals surface area contributed by atoms with Crippen LogP contribution in [-0.4, -0.2) is 0 Å². The van der Waals surface area contributed by atoms with Crippen molar-refractivity contribution in [1.82, 2.24) is 0 Å². The van der Waals surface area contributed by atoms with E-state index >= 15 is 0 Å². The lowest BCUT2D eigenvalue weighted by Crippen LogP contribution is -2.18. The number of rotatable bonds is 2. The lowest BCUT2D eigenvalue weighted by atomic mass is 9.72. The van der Waals surface area contributed by atoms with Gasteiger partial charge in [0.1, 0.15) is 0 Å². The number of benzene rings is 1. The molecule has 1 aliphatic carbocycles. The Bertz CT molecular complexity index is 630. The lowest BCUT2D eigenvalue weighted by Gasteiger charge is -2.33. The standard InChI is InChI=1S/C24H34/c1-17(2)20-11-9-18(10-12-20)13-19-14-21(23(3,4)5)16-22(15-19)24(6,7)8/h9-15,17H,16H2,1-8H3. The molecule has 0 heterocycles. The molecule has 130 valence electrons. The van der Waals surface area contributed by atoms with Crippen LogP contribution in [0.25, 0.3) is 6.08 Å². The van der Waals surface area contributed by atoms with E-state index in [2.05, 4.69) is 97.9 Å². The molecular weight excluding hydrogens is 288 g/mol. The first-order valence-corrected chi connectivity index (χ1v) is 9.20. The maximum atomic E-state index is 2.39. The van der Waals surface area contributed by atoms with Gasteiger partial charge < -0.3 is 0 Å².